The molecule has 0 aliphatic heterocycles. The second kappa shape index (κ2) is 10.5. The third kappa shape index (κ3) is 5.91. The molecule has 0 radical (unpaired) electrons. The van der Waals surface area contributed by atoms with Gasteiger partial charge in [-0.3, -0.25) is 9.69 Å². The van der Waals surface area contributed by atoms with Gasteiger partial charge in [0.25, 0.3) is 0 Å². The topological polar surface area (TPSA) is 41.6 Å². The van der Waals surface area contributed by atoms with Crippen LogP contribution in [0.2, 0.25) is 0 Å². The summed E-state index contributed by atoms with van der Waals surface area (Å²) in [6, 6.07) is 8.78. The first-order chi connectivity index (χ1) is 11.7. The quantitative estimate of drug-likeness (QED) is 0.667. The number of carbonyl (C=O) groups excluding carboxylic acids is 1. The Balaban J connectivity index is 1.82. The zero-order valence-corrected chi connectivity index (χ0v) is 15.2. The van der Waals surface area contributed by atoms with Crippen molar-refractivity contribution in [3.8, 4) is 0 Å². The van der Waals surface area contributed by atoms with Crippen molar-refractivity contribution in [1.29, 1.82) is 0 Å². The third-order valence-corrected chi connectivity index (χ3v) is 4.79. The summed E-state index contributed by atoms with van der Waals surface area (Å²) in [5.41, 5.74) is 2.31. The second-order valence-corrected chi connectivity index (χ2v) is 6.60. The van der Waals surface area contributed by atoms with Crippen LogP contribution in [0.15, 0.2) is 24.3 Å². The predicted molar refractivity (Wildman–Crippen MR) is 97.7 cm³/mol. The number of benzene rings is 1. The van der Waals surface area contributed by atoms with E-state index in [2.05, 4.69) is 36.2 Å². The molecule has 0 aromatic heterocycles. The smallest absolute Gasteiger partial charge is 0.234 e. The number of nitrogens with zero attached hydrogens (tertiary/aromatic N) is 1. The normalized spacial score (nSPS) is 15.1. The first kappa shape index (κ1) is 18.9. The Morgan fingerprint density at radius 2 is 1.92 bits per heavy atom. The van der Waals surface area contributed by atoms with Crippen molar-refractivity contribution in [1.82, 2.24) is 10.2 Å². The summed E-state index contributed by atoms with van der Waals surface area (Å²) in [5.74, 6) is 0.119. The van der Waals surface area contributed by atoms with E-state index in [0.29, 0.717) is 25.7 Å². The average Bonchev–Trinajstić information content (AvgIpc) is 3.13. The summed E-state index contributed by atoms with van der Waals surface area (Å²) >= 11 is 0. The number of hydrogen-bond acceptors (Lipinski definition) is 3. The molecule has 0 bridgehead atoms. The van der Waals surface area contributed by atoms with Gasteiger partial charge < -0.3 is 10.1 Å². The first-order valence-electron chi connectivity index (χ1n) is 9.39. The predicted octanol–water partition coefficient (Wildman–Crippen LogP) is 3.49. The summed E-state index contributed by atoms with van der Waals surface area (Å²) < 4.78 is 5.64. The SMILES string of the molecule is CCCOCc1ccccc1CNC(=O)CN(CC)C1CCCC1. The zero-order valence-electron chi connectivity index (χ0n) is 15.2. The van der Waals surface area contributed by atoms with Gasteiger partial charge in [0.1, 0.15) is 0 Å². The van der Waals surface area contributed by atoms with E-state index >= 15 is 0 Å². The van der Waals surface area contributed by atoms with Gasteiger partial charge in [-0.25, -0.2) is 0 Å². The lowest BCUT2D eigenvalue weighted by atomic mass is 10.1. The van der Waals surface area contributed by atoms with Crippen LogP contribution in [0.25, 0.3) is 0 Å². The summed E-state index contributed by atoms with van der Waals surface area (Å²) in [6.45, 7) is 7.67. The minimum Gasteiger partial charge on any atom is -0.377 e. The fourth-order valence-corrected chi connectivity index (χ4v) is 3.40. The standard InChI is InChI=1S/C20H32N2O2/c1-3-13-24-16-18-10-6-5-9-17(18)14-21-20(23)15-22(4-2)19-11-7-8-12-19/h5-6,9-10,19H,3-4,7-8,11-16H2,1-2H3,(H,21,23). The second-order valence-electron chi connectivity index (χ2n) is 6.60. The molecule has 0 heterocycles. The fraction of sp³-hybridized carbons (Fsp3) is 0.650. The maximum absolute atomic E-state index is 12.3. The van der Waals surface area contributed by atoms with Crippen molar-refractivity contribution < 1.29 is 9.53 Å². The molecule has 24 heavy (non-hydrogen) atoms. The molecule has 1 amide bonds. The van der Waals surface area contributed by atoms with E-state index in [1.807, 2.05) is 12.1 Å². The Hall–Kier alpha value is -1.39. The number of ether oxygens (including phenoxy) is 1. The van der Waals surface area contributed by atoms with E-state index in [9.17, 15) is 4.79 Å². The van der Waals surface area contributed by atoms with Gasteiger partial charge >= 0.3 is 0 Å². The van der Waals surface area contributed by atoms with Crippen LogP contribution >= 0.6 is 0 Å². The van der Waals surface area contributed by atoms with Crippen LogP contribution in [0.3, 0.4) is 0 Å². The van der Waals surface area contributed by atoms with Gasteiger partial charge in [0.2, 0.25) is 5.91 Å². The average molecular weight is 332 g/mol. The highest BCUT2D eigenvalue weighted by molar-refractivity contribution is 5.78. The molecule has 4 nitrogen and oxygen atoms in total. The molecule has 1 aliphatic carbocycles. The molecule has 2 rings (SSSR count). The lowest BCUT2D eigenvalue weighted by Gasteiger charge is -2.26. The summed E-state index contributed by atoms with van der Waals surface area (Å²) in [5, 5.41) is 3.08. The number of nitrogens with one attached hydrogen (secondary N) is 1. The maximum Gasteiger partial charge on any atom is 0.234 e. The molecule has 0 unspecified atom stereocenters. The molecule has 1 aromatic carbocycles. The molecular formula is C20H32N2O2. The lowest BCUT2D eigenvalue weighted by Crippen LogP contribution is -2.41. The van der Waals surface area contributed by atoms with Crippen LogP contribution < -0.4 is 5.32 Å². The summed E-state index contributed by atoms with van der Waals surface area (Å²) in [4.78, 5) is 14.6. The van der Waals surface area contributed by atoms with Gasteiger partial charge in [0.15, 0.2) is 0 Å². The van der Waals surface area contributed by atoms with Crippen molar-refractivity contribution >= 4 is 5.91 Å². The Labute approximate surface area is 146 Å². The van der Waals surface area contributed by atoms with Crippen molar-refractivity contribution in [3.63, 3.8) is 0 Å². The third-order valence-electron chi connectivity index (χ3n) is 4.79. The van der Waals surface area contributed by atoms with E-state index in [-0.39, 0.29) is 5.91 Å². The van der Waals surface area contributed by atoms with Crippen LogP contribution in [0, 0.1) is 0 Å². The molecule has 134 valence electrons. The van der Waals surface area contributed by atoms with Crippen molar-refractivity contribution in [2.75, 3.05) is 19.7 Å². The van der Waals surface area contributed by atoms with E-state index in [1.165, 1.54) is 25.7 Å². The fourth-order valence-electron chi connectivity index (χ4n) is 3.40. The maximum atomic E-state index is 12.3. The Bertz CT molecular complexity index is 498. The molecule has 1 saturated carbocycles. The Morgan fingerprint density at radius 3 is 2.58 bits per heavy atom. The first-order valence-corrected chi connectivity index (χ1v) is 9.39. The highest BCUT2D eigenvalue weighted by Crippen LogP contribution is 2.22. The molecule has 4 heteroatoms. The molecule has 0 atom stereocenters. The van der Waals surface area contributed by atoms with E-state index in [0.717, 1.165) is 30.7 Å². The van der Waals surface area contributed by atoms with E-state index in [1.54, 1.807) is 0 Å². The van der Waals surface area contributed by atoms with Gasteiger partial charge in [-0.2, -0.15) is 0 Å². The van der Waals surface area contributed by atoms with Gasteiger partial charge in [0.05, 0.1) is 13.2 Å². The van der Waals surface area contributed by atoms with Crippen LogP contribution in [0.1, 0.15) is 57.1 Å². The number of rotatable bonds is 10. The summed E-state index contributed by atoms with van der Waals surface area (Å²) in [6.07, 6.45) is 6.09. The molecule has 1 fully saturated rings. The number of amides is 1. The zero-order chi connectivity index (χ0) is 17.2. The van der Waals surface area contributed by atoms with Gasteiger partial charge in [-0.05, 0) is 36.9 Å². The van der Waals surface area contributed by atoms with Gasteiger partial charge in [-0.1, -0.05) is 51.0 Å². The number of carbonyl (C=O) groups is 1. The minimum atomic E-state index is 0.119. The largest absolute Gasteiger partial charge is 0.377 e. The highest BCUT2D eigenvalue weighted by Gasteiger charge is 2.22. The molecule has 1 aromatic rings. The Kier molecular flexibility index (Phi) is 8.26. The molecule has 1 N–H and O–H groups in total. The number of likely N-dealkylation sites (N-methyl/N-ethyl adjacent to an activating group) is 1. The molecular weight excluding hydrogens is 300 g/mol. The van der Waals surface area contributed by atoms with E-state index in [4.69, 9.17) is 4.74 Å². The van der Waals surface area contributed by atoms with Crippen molar-refractivity contribution in [2.45, 2.75) is 65.1 Å². The van der Waals surface area contributed by atoms with Crippen LogP contribution in [-0.4, -0.2) is 36.5 Å². The van der Waals surface area contributed by atoms with E-state index < -0.39 is 0 Å². The highest BCUT2D eigenvalue weighted by atomic mass is 16.5. The van der Waals surface area contributed by atoms with Crippen LogP contribution in [-0.2, 0) is 22.7 Å². The van der Waals surface area contributed by atoms with Crippen molar-refractivity contribution in [2.24, 2.45) is 0 Å². The number of hydrogen-bond donors (Lipinski definition) is 1. The van der Waals surface area contributed by atoms with Gasteiger partial charge in [-0.15, -0.1) is 0 Å². The molecule has 0 spiro atoms. The van der Waals surface area contributed by atoms with Crippen LogP contribution in [0.5, 0.6) is 0 Å². The Morgan fingerprint density at radius 1 is 1.21 bits per heavy atom. The molecule has 0 saturated heterocycles. The lowest BCUT2D eigenvalue weighted by molar-refractivity contribution is -0.122. The minimum absolute atomic E-state index is 0.119. The van der Waals surface area contributed by atoms with Crippen molar-refractivity contribution in [3.05, 3.63) is 35.4 Å². The molecule has 1 aliphatic rings. The summed E-state index contributed by atoms with van der Waals surface area (Å²) in [7, 11) is 0. The van der Waals surface area contributed by atoms with Crippen LogP contribution in [0.4, 0.5) is 0 Å². The van der Waals surface area contributed by atoms with Gasteiger partial charge in [0, 0.05) is 19.2 Å². The monoisotopic (exact) mass is 332 g/mol.